The standard InChI is InChI=1S/C22H13ClFNO2S/c23-17-7-10-19-20(13-17)28-22(27)25(19)21(26)11-4-14-2-1-3-16(12-14)15-5-8-18(24)9-6-15/h1-13H. The van der Waals surface area contributed by atoms with E-state index in [0.29, 0.717) is 15.2 Å². The molecule has 1 aromatic heterocycles. The van der Waals surface area contributed by atoms with Crippen LogP contribution < -0.4 is 4.87 Å². The lowest BCUT2D eigenvalue weighted by Gasteiger charge is -2.03. The third-order valence-electron chi connectivity index (χ3n) is 4.25. The summed E-state index contributed by atoms with van der Waals surface area (Å²) in [6.07, 6.45) is 3.02. The zero-order chi connectivity index (χ0) is 19.7. The molecule has 0 radical (unpaired) electrons. The van der Waals surface area contributed by atoms with Gasteiger partial charge in [-0.25, -0.2) is 8.96 Å². The summed E-state index contributed by atoms with van der Waals surface area (Å²) in [7, 11) is 0. The normalized spacial score (nSPS) is 11.4. The number of halogens is 2. The predicted octanol–water partition coefficient (Wildman–Crippen LogP) is 5.88. The number of fused-ring (bicyclic) bond motifs is 1. The highest BCUT2D eigenvalue weighted by Gasteiger charge is 2.12. The number of carbonyl (C=O) groups excluding carboxylic acids is 1. The van der Waals surface area contributed by atoms with Gasteiger partial charge in [-0.15, -0.1) is 0 Å². The quantitative estimate of drug-likeness (QED) is 0.396. The molecule has 3 aromatic carbocycles. The maximum Gasteiger partial charge on any atom is 0.315 e. The van der Waals surface area contributed by atoms with Gasteiger partial charge in [0.15, 0.2) is 0 Å². The Hall–Kier alpha value is -3.02. The van der Waals surface area contributed by atoms with Crippen LogP contribution >= 0.6 is 22.9 Å². The molecule has 0 aliphatic heterocycles. The summed E-state index contributed by atoms with van der Waals surface area (Å²) in [5.41, 5.74) is 3.11. The zero-order valence-electron chi connectivity index (χ0n) is 14.4. The van der Waals surface area contributed by atoms with Crippen molar-refractivity contribution in [3.8, 4) is 11.1 Å². The molecular formula is C22H13ClFNO2S. The summed E-state index contributed by atoms with van der Waals surface area (Å²) < 4.78 is 14.9. The second-order valence-corrected chi connectivity index (χ2v) is 7.55. The fourth-order valence-electron chi connectivity index (χ4n) is 2.91. The number of allylic oxidation sites excluding steroid dienone is 1. The average molecular weight is 410 g/mol. The first-order valence-corrected chi connectivity index (χ1v) is 9.60. The Morgan fingerprint density at radius 1 is 1.00 bits per heavy atom. The number of benzene rings is 3. The molecule has 3 nitrogen and oxygen atoms in total. The van der Waals surface area contributed by atoms with Gasteiger partial charge in [-0.2, -0.15) is 0 Å². The molecule has 0 N–H and O–H groups in total. The SMILES string of the molecule is O=C(C=Cc1cccc(-c2ccc(F)cc2)c1)n1c(=O)sc2cc(Cl)ccc21. The van der Waals surface area contributed by atoms with E-state index in [0.717, 1.165) is 32.6 Å². The van der Waals surface area contributed by atoms with Crippen LogP contribution in [-0.4, -0.2) is 10.5 Å². The fraction of sp³-hybridized carbons (Fsp3) is 0. The van der Waals surface area contributed by atoms with Crippen molar-refractivity contribution in [3.63, 3.8) is 0 Å². The summed E-state index contributed by atoms with van der Waals surface area (Å²) in [4.78, 5) is 24.5. The van der Waals surface area contributed by atoms with Crippen molar-refractivity contribution in [3.05, 3.63) is 98.9 Å². The second-order valence-electron chi connectivity index (χ2n) is 6.12. The molecule has 0 atom stereocenters. The topological polar surface area (TPSA) is 39.1 Å². The zero-order valence-corrected chi connectivity index (χ0v) is 16.0. The van der Waals surface area contributed by atoms with Crippen molar-refractivity contribution in [2.75, 3.05) is 0 Å². The van der Waals surface area contributed by atoms with Crippen LogP contribution in [-0.2, 0) is 0 Å². The number of rotatable bonds is 3. The molecule has 0 spiro atoms. The van der Waals surface area contributed by atoms with Gasteiger partial charge in [-0.1, -0.05) is 53.3 Å². The lowest BCUT2D eigenvalue weighted by molar-refractivity contribution is 0.0972. The van der Waals surface area contributed by atoms with Gasteiger partial charge in [0.05, 0.1) is 10.2 Å². The Morgan fingerprint density at radius 2 is 1.79 bits per heavy atom. The van der Waals surface area contributed by atoms with Gasteiger partial charge >= 0.3 is 4.87 Å². The fourth-order valence-corrected chi connectivity index (χ4v) is 4.06. The van der Waals surface area contributed by atoms with E-state index in [1.165, 1.54) is 18.2 Å². The van der Waals surface area contributed by atoms with Crippen molar-refractivity contribution in [2.24, 2.45) is 0 Å². The molecule has 4 aromatic rings. The monoisotopic (exact) mass is 409 g/mol. The molecule has 1 heterocycles. The van der Waals surface area contributed by atoms with E-state index < -0.39 is 5.91 Å². The summed E-state index contributed by atoms with van der Waals surface area (Å²) >= 11 is 6.93. The first kappa shape index (κ1) is 18.3. The van der Waals surface area contributed by atoms with E-state index in [1.807, 2.05) is 24.3 Å². The Bertz CT molecular complexity index is 1270. The average Bonchev–Trinajstić information content (AvgIpc) is 3.01. The Labute approximate surface area is 168 Å². The first-order chi connectivity index (χ1) is 13.5. The van der Waals surface area contributed by atoms with Gasteiger partial charge in [-0.3, -0.25) is 9.59 Å². The largest absolute Gasteiger partial charge is 0.315 e. The van der Waals surface area contributed by atoms with Gasteiger partial charge < -0.3 is 0 Å². The smallest absolute Gasteiger partial charge is 0.269 e. The van der Waals surface area contributed by atoms with Crippen LogP contribution in [0.2, 0.25) is 5.02 Å². The molecule has 4 rings (SSSR count). The molecule has 28 heavy (non-hydrogen) atoms. The molecule has 0 saturated heterocycles. The van der Waals surface area contributed by atoms with E-state index in [-0.39, 0.29) is 10.7 Å². The van der Waals surface area contributed by atoms with Crippen molar-refractivity contribution in [1.29, 1.82) is 0 Å². The third kappa shape index (κ3) is 3.67. The number of aromatic nitrogens is 1. The second kappa shape index (κ2) is 7.54. The van der Waals surface area contributed by atoms with Crippen molar-refractivity contribution in [2.45, 2.75) is 0 Å². The minimum absolute atomic E-state index is 0.292. The third-order valence-corrected chi connectivity index (χ3v) is 5.38. The number of hydrogen-bond donors (Lipinski definition) is 0. The minimum atomic E-state index is -0.425. The van der Waals surface area contributed by atoms with Crippen LogP contribution in [0.25, 0.3) is 27.4 Å². The van der Waals surface area contributed by atoms with Crippen molar-refractivity contribution in [1.82, 2.24) is 4.57 Å². The summed E-state index contributed by atoms with van der Waals surface area (Å²) in [5.74, 6) is -0.717. The molecule has 138 valence electrons. The number of nitrogens with zero attached hydrogens (tertiary/aromatic N) is 1. The highest BCUT2D eigenvalue weighted by Crippen LogP contribution is 2.23. The molecule has 0 fully saturated rings. The van der Waals surface area contributed by atoms with E-state index in [9.17, 15) is 14.0 Å². The van der Waals surface area contributed by atoms with Crippen molar-refractivity contribution >= 4 is 45.1 Å². The molecular weight excluding hydrogens is 397 g/mol. The number of carbonyl (C=O) groups is 1. The van der Waals surface area contributed by atoms with Crippen LogP contribution in [0.15, 0.2) is 77.6 Å². The summed E-state index contributed by atoms with van der Waals surface area (Å²) in [6.45, 7) is 0. The highest BCUT2D eigenvalue weighted by atomic mass is 35.5. The van der Waals surface area contributed by atoms with Crippen molar-refractivity contribution < 1.29 is 9.18 Å². The van der Waals surface area contributed by atoms with Gasteiger partial charge in [0.25, 0.3) is 5.91 Å². The molecule has 0 aliphatic rings. The summed E-state index contributed by atoms with van der Waals surface area (Å²) in [6, 6.07) is 18.7. The first-order valence-electron chi connectivity index (χ1n) is 8.41. The molecule has 0 amide bonds. The van der Waals surface area contributed by atoms with Crippen LogP contribution in [0.3, 0.4) is 0 Å². The highest BCUT2D eigenvalue weighted by molar-refractivity contribution is 7.16. The van der Waals surface area contributed by atoms with Gasteiger partial charge in [0.2, 0.25) is 0 Å². The van der Waals surface area contributed by atoms with E-state index in [2.05, 4.69) is 0 Å². The van der Waals surface area contributed by atoms with E-state index in [4.69, 9.17) is 11.6 Å². The lowest BCUT2D eigenvalue weighted by Crippen LogP contribution is -2.19. The maximum atomic E-state index is 13.1. The molecule has 0 unspecified atom stereocenters. The van der Waals surface area contributed by atoms with Gasteiger partial charge in [0.1, 0.15) is 5.82 Å². The maximum absolute atomic E-state index is 13.1. The van der Waals surface area contributed by atoms with Crippen LogP contribution in [0.1, 0.15) is 10.4 Å². The number of thiazole rings is 1. The van der Waals surface area contributed by atoms with Crippen LogP contribution in [0.5, 0.6) is 0 Å². The molecule has 6 heteroatoms. The lowest BCUT2D eigenvalue weighted by atomic mass is 10.0. The number of hydrogen-bond acceptors (Lipinski definition) is 3. The van der Waals surface area contributed by atoms with E-state index in [1.54, 1.807) is 36.4 Å². The predicted molar refractivity (Wildman–Crippen MR) is 113 cm³/mol. The van der Waals surface area contributed by atoms with Crippen LogP contribution in [0, 0.1) is 5.82 Å². The Kier molecular flexibility index (Phi) is 4.94. The van der Waals surface area contributed by atoms with E-state index >= 15 is 0 Å². The van der Waals surface area contributed by atoms with Gasteiger partial charge in [0, 0.05) is 11.1 Å². The molecule has 0 aliphatic carbocycles. The van der Waals surface area contributed by atoms with Gasteiger partial charge in [-0.05, 0) is 59.2 Å². The Balaban J connectivity index is 1.64. The van der Waals surface area contributed by atoms with Crippen LogP contribution in [0.4, 0.5) is 4.39 Å². The molecule has 0 bridgehead atoms. The molecule has 0 saturated carbocycles. The minimum Gasteiger partial charge on any atom is -0.269 e. The Morgan fingerprint density at radius 3 is 2.57 bits per heavy atom. The summed E-state index contributed by atoms with van der Waals surface area (Å²) in [5, 5.41) is 0.515.